The smallest absolute Gasteiger partial charge is 0.162 e. The summed E-state index contributed by atoms with van der Waals surface area (Å²) in [6.07, 6.45) is 2.07. The highest BCUT2D eigenvalue weighted by molar-refractivity contribution is 6.31. The van der Waals surface area contributed by atoms with Crippen LogP contribution >= 0.6 is 11.6 Å². The molecular weight excluding hydrogens is 278 g/mol. The highest BCUT2D eigenvalue weighted by atomic mass is 35.5. The lowest BCUT2D eigenvalue weighted by Crippen LogP contribution is -2.39. The first-order chi connectivity index (χ1) is 9.55. The van der Waals surface area contributed by atoms with Gasteiger partial charge in [0, 0.05) is 17.7 Å². The van der Waals surface area contributed by atoms with Crippen molar-refractivity contribution in [1.29, 1.82) is 0 Å². The van der Waals surface area contributed by atoms with E-state index in [0.29, 0.717) is 16.5 Å². The molecule has 1 heterocycles. The Labute approximate surface area is 125 Å². The van der Waals surface area contributed by atoms with Crippen LogP contribution in [0.4, 0.5) is 0 Å². The molecule has 0 aliphatic carbocycles. The second-order valence-electron chi connectivity index (χ2n) is 5.22. The third kappa shape index (κ3) is 2.73. The molecule has 0 amide bonds. The van der Waals surface area contributed by atoms with Gasteiger partial charge in [0.05, 0.1) is 25.9 Å². The highest BCUT2D eigenvalue weighted by Crippen LogP contribution is 2.43. The Morgan fingerprint density at radius 3 is 2.45 bits per heavy atom. The number of rotatable bonds is 5. The fraction of sp³-hybridized carbons (Fsp3) is 0.600. The SMILES string of the molecule is CNC(c1cc(OC)c(OC)cc1Cl)C1(C)CCCO1. The molecule has 1 fully saturated rings. The van der Waals surface area contributed by atoms with Crippen molar-refractivity contribution in [1.82, 2.24) is 5.32 Å². The second kappa shape index (κ2) is 6.20. The van der Waals surface area contributed by atoms with Gasteiger partial charge in [0.1, 0.15) is 0 Å². The maximum Gasteiger partial charge on any atom is 0.162 e. The van der Waals surface area contributed by atoms with E-state index >= 15 is 0 Å². The molecule has 0 saturated carbocycles. The zero-order valence-electron chi connectivity index (χ0n) is 12.5. The first kappa shape index (κ1) is 15.4. The maximum absolute atomic E-state index is 6.42. The van der Waals surface area contributed by atoms with E-state index in [1.54, 1.807) is 20.3 Å². The zero-order chi connectivity index (χ0) is 14.8. The Bertz CT molecular complexity index is 472. The molecule has 1 N–H and O–H groups in total. The summed E-state index contributed by atoms with van der Waals surface area (Å²) < 4.78 is 16.6. The van der Waals surface area contributed by atoms with E-state index in [1.165, 1.54) is 0 Å². The standard InChI is InChI=1S/C15H22ClNO3/c1-15(6-5-7-20-15)14(17-2)10-8-12(18-3)13(19-4)9-11(10)16/h8-9,14,17H,5-7H2,1-4H3. The van der Waals surface area contributed by atoms with Crippen LogP contribution in [0.5, 0.6) is 11.5 Å². The van der Waals surface area contributed by atoms with Crippen LogP contribution in [-0.4, -0.2) is 33.5 Å². The minimum atomic E-state index is -0.252. The first-order valence-electron chi connectivity index (χ1n) is 6.78. The van der Waals surface area contributed by atoms with E-state index < -0.39 is 0 Å². The molecule has 1 aromatic rings. The number of ether oxygens (including phenoxy) is 3. The average molecular weight is 300 g/mol. The van der Waals surface area contributed by atoms with Gasteiger partial charge < -0.3 is 19.5 Å². The third-order valence-electron chi connectivity index (χ3n) is 3.96. The van der Waals surface area contributed by atoms with Crippen LogP contribution in [0.2, 0.25) is 5.02 Å². The van der Waals surface area contributed by atoms with Gasteiger partial charge in [-0.3, -0.25) is 0 Å². The maximum atomic E-state index is 6.42. The molecule has 1 aliphatic heterocycles. The number of halogens is 1. The molecule has 0 spiro atoms. The van der Waals surface area contributed by atoms with Crippen molar-refractivity contribution in [3.8, 4) is 11.5 Å². The normalized spacial score (nSPS) is 23.6. The van der Waals surface area contributed by atoms with E-state index in [0.717, 1.165) is 25.0 Å². The molecular formula is C15H22ClNO3. The van der Waals surface area contributed by atoms with Crippen molar-refractivity contribution in [3.63, 3.8) is 0 Å². The third-order valence-corrected chi connectivity index (χ3v) is 4.29. The van der Waals surface area contributed by atoms with E-state index in [2.05, 4.69) is 12.2 Å². The molecule has 2 atom stereocenters. The molecule has 4 nitrogen and oxygen atoms in total. The summed E-state index contributed by atoms with van der Waals surface area (Å²) in [5, 5.41) is 3.98. The topological polar surface area (TPSA) is 39.7 Å². The van der Waals surface area contributed by atoms with E-state index in [1.807, 2.05) is 13.1 Å². The molecule has 20 heavy (non-hydrogen) atoms. The van der Waals surface area contributed by atoms with Crippen LogP contribution in [0.1, 0.15) is 31.4 Å². The predicted molar refractivity (Wildman–Crippen MR) is 79.9 cm³/mol. The summed E-state index contributed by atoms with van der Waals surface area (Å²) in [7, 11) is 5.15. The van der Waals surface area contributed by atoms with Crippen LogP contribution < -0.4 is 14.8 Å². The molecule has 2 unspecified atom stereocenters. The summed E-state index contributed by atoms with van der Waals surface area (Å²) in [6.45, 7) is 2.91. The number of hydrogen-bond acceptors (Lipinski definition) is 4. The van der Waals surface area contributed by atoms with Gasteiger partial charge in [-0.1, -0.05) is 11.6 Å². The fourth-order valence-corrected chi connectivity index (χ4v) is 3.17. The Morgan fingerprint density at radius 2 is 1.95 bits per heavy atom. The highest BCUT2D eigenvalue weighted by Gasteiger charge is 2.39. The van der Waals surface area contributed by atoms with Gasteiger partial charge in [0.2, 0.25) is 0 Å². The summed E-state index contributed by atoms with van der Waals surface area (Å²) in [5.74, 6) is 1.31. The van der Waals surface area contributed by atoms with E-state index in [-0.39, 0.29) is 11.6 Å². The first-order valence-corrected chi connectivity index (χ1v) is 7.16. The Morgan fingerprint density at radius 1 is 1.30 bits per heavy atom. The Balaban J connectivity index is 2.44. The van der Waals surface area contributed by atoms with E-state index in [9.17, 15) is 0 Å². The quantitative estimate of drug-likeness (QED) is 0.906. The van der Waals surface area contributed by atoms with Crippen molar-refractivity contribution in [2.45, 2.75) is 31.4 Å². The predicted octanol–water partition coefficient (Wildman–Crippen LogP) is 3.19. The summed E-state index contributed by atoms with van der Waals surface area (Å²) in [4.78, 5) is 0. The minimum Gasteiger partial charge on any atom is -0.493 e. The Kier molecular flexibility index (Phi) is 4.78. The summed E-state index contributed by atoms with van der Waals surface area (Å²) >= 11 is 6.42. The molecule has 112 valence electrons. The van der Waals surface area contributed by atoms with Gasteiger partial charge in [-0.05, 0) is 38.4 Å². The van der Waals surface area contributed by atoms with Crippen LogP contribution in [-0.2, 0) is 4.74 Å². The van der Waals surface area contributed by atoms with Gasteiger partial charge in [-0.25, -0.2) is 0 Å². The lowest BCUT2D eigenvalue weighted by Gasteiger charge is -2.34. The van der Waals surface area contributed by atoms with Crippen LogP contribution in [0.15, 0.2) is 12.1 Å². The lowest BCUT2D eigenvalue weighted by atomic mass is 9.87. The number of likely N-dealkylation sites (N-methyl/N-ethyl adjacent to an activating group) is 1. The van der Waals surface area contributed by atoms with Gasteiger partial charge in [0.25, 0.3) is 0 Å². The van der Waals surface area contributed by atoms with Crippen LogP contribution in [0.3, 0.4) is 0 Å². The summed E-state index contributed by atoms with van der Waals surface area (Å²) in [5.41, 5.74) is 0.717. The molecule has 0 radical (unpaired) electrons. The van der Waals surface area contributed by atoms with E-state index in [4.69, 9.17) is 25.8 Å². The fourth-order valence-electron chi connectivity index (χ4n) is 2.91. The molecule has 1 aliphatic rings. The molecule has 2 rings (SSSR count). The van der Waals surface area contributed by atoms with Crippen molar-refractivity contribution >= 4 is 11.6 Å². The van der Waals surface area contributed by atoms with Gasteiger partial charge in [0.15, 0.2) is 11.5 Å². The van der Waals surface area contributed by atoms with Crippen LogP contribution in [0, 0.1) is 0 Å². The molecule has 0 bridgehead atoms. The average Bonchev–Trinajstić information content (AvgIpc) is 2.88. The number of methoxy groups -OCH3 is 2. The molecule has 5 heteroatoms. The molecule has 1 aromatic carbocycles. The van der Waals surface area contributed by atoms with Gasteiger partial charge >= 0.3 is 0 Å². The van der Waals surface area contributed by atoms with Crippen molar-refractivity contribution in [3.05, 3.63) is 22.7 Å². The van der Waals surface area contributed by atoms with Crippen molar-refractivity contribution < 1.29 is 14.2 Å². The second-order valence-corrected chi connectivity index (χ2v) is 5.62. The number of hydrogen-bond donors (Lipinski definition) is 1. The molecule has 1 saturated heterocycles. The zero-order valence-corrected chi connectivity index (χ0v) is 13.2. The van der Waals surface area contributed by atoms with Crippen molar-refractivity contribution in [2.24, 2.45) is 0 Å². The minimum absolute atomic E-state index is 0.0114. The van der Waals surface area contributed by atoms with Gasteiger partial charge in [-0.2, -0.15) is 0 Å². The van der Waals surface area contributed by atoms with Gasteiger partial charge in [-0.15, -0.1) is 0 Å². The monoisotopic (exact) mass is 299 g/mol. The molecule has 0 aromatic heterocycles. The Hall–Kier alpha value is -0.970. The lowest BCUT2D eigenvalue weighted by molar-refractivity contribution is -0.0105. The van der Waals surface area contributed by atoms with Crippen molar-refractivity contribution in [2.75, 3.05) is 27.9 Å². The largest absolute Gasteiger partial charge is 0.493 e. The van der Waals surface area contributed by atoms with Crippen LogP contribution in [0.25, 0.3) is 0 Å². The summed E-state index contributed by atoms with van der Waals surface area (Å²) in [6, 6.07) is 3.73. The number of benzene rings is 1. The number of nitrogens with one attached hydrogen (secondary N) is 1.